The van der Waals surface area contributed by atoms with Gasteiger partial charge in [-0.15, -0.1) is 0 Å². The fourth-order valence-corrected chi connectivity index (χ4v) is 0. The van der Waals surface area contributed by atoms with Crippen molar-refractivity contribution in [1.29, 1.82) is 0 Å². The molecule has 28 valence electrons. The van der Waals surface area contributed by atoms with Crippen molar-refractivity contribution in [2.75, 3.05) is 0 Å². The van der Waals surface area contributed by atoms with Gasteiger partial charge in [0.2, 0.25) is 0 Å². The number of aldehydes is 1. The van der Waals surface area contributed by atoms with Crippen LogP contribution in [0.2, 0.25) is 0 Å². The highest BCUT2D eigenvalue weighted by Gasteiger charge is 1.80. The molecule has 0 aromatic carbocycles. The fraction of sp³-hybridized carbons (Fsp3) is 0. The molecule has 0 amide bonds. The number of halogens is 1. The van der Waals surface area contributed by atoms with Crippen molar-refractivity contribution in [1.82, 2.24) is 0 Å². The first kappa shape index (κ1) is 4.82. The van der Waals surface area contributed by atoms with Crippen LogP contribution >= 0.6 is 15.9 Å². The molecule has 0 fully saturated rings. The molecule has 0 aliphatic heterocycles. The molecule has 0 saturated carbocycles. The third-order valence-electron chi connectivity index (χ3n) is 0.0927. The quantitative estimate of drug-likeness (QED) is 0.292. The van der Waals surface area contributed by atoms with Gasteiger partial charge in [-0.2, -0.15) is 0 Å². The normalized spacial score (nSPS) is 6.60. The highest BCUT2D eigenvalue weighted by Crippen LogP contribution is 1.72. The van der Waals surface area contributed by atoms with Crippen molar-refractivity contribution >= 4 is 26.9 Å². The molecular weight excluding hydrogens is 136 g/mol. The molecule has 3 heteroatoms. The topological polar surface area (TPSA) is 34.1 Å². The highest BCUT2D eigenvalue weighted by molar-refractivity contribution is 9.18. The molecule has 0 N–H and O–H groups in total. The molecule has 0 atom stereocenters. The number of rotatable bonds is 1. The Balaban J connectivity index is 3.20. The summed E-state index contributed by atoms with van der Waals surface area (Å²) in [4.78, 5) is 18.5. The molecule has 0 unspecified atom stereocenters. The standard InChI is InChI=1S/C2HBrO2/c3-2(5)1-4/h1H. The van der Waals surface area contributed by atoms with Crippen molar-refractivity contribution in [3.63, 3.8) is 0 Å². The van der Waals surface area contributed by atoms with Crippen LogP contribution in [0.3, 0.4) is 0 Å². The van der Waals surface area contributed by atoms with Crippen LogP contribution in [0, 0.1) is 0 Å². The lowest BCUT2D eigenvalue weighted by Crippen LogP contribution is -1.79. The van der Waals surface area contributed by atoms with Gasteiger partial charge in [0.1, 0.15) is 0 Å². The molecule has 0 bridgehead atoms. The van der Waals surface area contributed by atoms with Crippen LogP contribution < -0.4 is 0 Å². The van der Waals surface area contributed by atoms with E-state index in [9.17, 15) is 4.79 Å². The molecule has 0 aliphatic carbocycles. The second-order valence-electron chi connectivity index (χ2n) is 0.422. The van der Waals surface area contributed by atoms with Crippen LogP contribution in [0.5, 0.6) is 0 Å². The monoisotopic (exact) mass is 136 g/mol. The molecule has 0 saturated heterocycles. The zero-order valence-corrected chi connectivity index (χ0v) is 3.86. The van der Waals surface area contributed by atoms with Crippen LogP contribution in [0.4, 0.5) is 0 Å². The summed E-state index contributed by atoms with van der Waals surface area (Å²) >= 11 is 2.37. The highest BCUT2D eigenvalue weighted by atomic mass is 79.9. The second-order valence-corrected chi connectivity index (χ2v) is 1.20. The average Bonchev–Trinajstić information content (AvgIpc) is 1.38. The molecule has 0 heterocycles. The smallest absolute Gasteiger partial charge is 0.260 e. The third kappa shape index (κ3) is 3.82. The van der Waals surface area contributed by atoms with Gasteiger partial charge in [0.05, 0.1) is 0 Å². The summed E-state index contributed by atoms with van der Waals surface area (Å²) in [7, 11) is 0. The first-order chi connectivity index (χ1) is 2.27. The van der Waals surface area contributed by atoms with Gasteiger partial charge in [-0.1, -0.05) is 0 Å². The second kappa shape index (κ2) is 2.08. The minimum Gasteiger partial charge on any atom is -0.294 e. The number of carbonyl (C=O) groups is 2. The maximum atomic E-state index is 9.36. The number of hydrogen-bond donors (Lipinski definition) is 0. The van der Waals surface area contributed by atoms with Gasteiger partial charge in [0.25, 0.3) is 4.69 Å². The fourth-order valence-electron chi connectivity index (χ4n) is 0. The summed E-state index contributed by atoms with van der Waals surface area (Å²) in [6.07, 6.45) is 0.194. The van der Waals surface area contributed by atoms with E-state index >= 15 is 0 Å². The van der Waals surface area contributed by atoms with Crippen molar-refractivity contribution in [3.05, 3.63) is 0 Å². The number of hydrogen-bond acceptors (Lipinski definition) is 2. The van der Waals surface area contributed by atoms with Crippen LogP contribution in [0.15, 0.2) is 0 Å². The van der Waals surface area contributed by atoms with E-state index in [-0.39, 0.29) is 6.29 Å². The lowest BCUT2D eigenvalue weighted by molar-refractivity contribution is -0.123. The zero-order chi connectivity index (χ0) is 4.28. The van der Waals surface area contributed by atoms with E-state index < -0.39 is 4.69 Å². The summed E-state index contributed by atoms with van der Waals surface area (Å²) < 4.78 is -0.613. The Hall–Kier alpha value is -0.180. The van der Waals surface area contributed by atoms with Crippen molar-refractivity contribution in [2.24, 2.45) is 0 Å². The van der Waals surface area contributed by atoms with E-state index in [4.69, 9.17) is 4.79 Å². The Morgan fingerprint density at radius 1 is 1.80 bits per heavy atom. The van der Waals surface area contributed by atoms with E-state index in [1.807, 2.05) is 0 Å². The molecule has 0 aromatic rings. The van der Waals surface area contributed by atoms with E-state index in [0.29, 0.717) is 0 Å². The largest absolute Gasteiger partial charge is 0.294 e. The Morgan fingerprint density at radius 3 is 2.00 bits per heavy atom. The maximum Gasteiger partial charge on any atom is 0.260 e. The molecule has 0 aromatic heterocycles. The first-order valence-electron chi connectivity index (χ1n) is 0.917. The van der Waals surface area contributed by atoms with Gasteiger partial charge in [0.15, 0.2) is 6.29 Å². The van der Waals surface area contributed by atoms with E-state index in [1.165, 1.54) is 0 Å². The van der Waals surface area contributed by atoms with Crippen LogP contribution in [0.1, 0.15) is 0 Å². The van der Waals surface area contributed by atoms with Crippen LogP contribution in [-0.4, -0.2) is 11.0 Å². The van der Waals surface area contributed by atoms with E-state index in [2.05, 4.69) is 15.9 Å². The Morgan fingerprint density at radius 2 is 2.00 bits per heavy atom. The zero-order valence-electron chi connectivity index (χ0n) is 2.27. The molecule has 2 nitrogen and oxygen atoms in total. The van der Waals surface area contributed by atoms with Crippen molar-refractivity contribution in [3.8, 4) is 0 Å². The summed E-state index contributed by atoms with van der Waals surface area (Å²) in [5.74, 6) is 0. The Kier molecular flexibility index (Phi) is 2.01. The van der Waals surface area contributed by atoms with Gasteiger partial charge in [0, 0.05) is 15.9 Å². The molecule has 0 aliphatic rings. The van der Waals surface area contributed by atoms with Gasteiger partial charge >= 0.3 is 0 Å². The Bertz CT molecular complexity index is 58.7. The predicted octanol–water partition coefficient (Wildman–Crippen LogP) is 0.107. The summed E-state index contributed by atoms with van der Waals surface area (Å²) in [5.41, 5.74) is 0. The van der Waals surface area contributed by atoms with Gasteiger partial charge in [-0.3, -0.25) is 9.59 Å². The summed E-state index contributed by atoms with van der Waals surface area (Å²) in [6.45, 7) is 0. The lowest BCUT2D eigenvalue weighted by Gasteiger charge is -1.54. The summed E-state index contributed by atoms with van der Waals surface area (Å²) in [5, 5.41) is 0. The third-order valence-corrected chi connectivity index (χ3v) is 0.280. The summed E-state index contributed by atoms with van der Waals surface area (Å²) in [6, 6.07) is 0. The number of carbonyl (C=O) groups excluding carboxylic acids is 2. The molecule has 5 heavy (non-hydrogen) atoms. The molecule has 0 rings (SSSR count). The van der Waals surface area contributed by atoms with Gasteiger partial charge < -0.3 is 0 Å². The first-order valence-corrected chi connectivity index (χ1v) is 1.71. The van der Waals surface area contributed by atoms with E-state index in [0.717, 1.165) is 0 Å². The maximum absolute atomic E-state index is 9.36. The van der Waals surface area contributed by atoms with Crippen LogP contribution in [-0.2, 0) is 9.59 Å². The molecular formula is C2HBrO2. The lowest BCUT2D eigenvalue weighted by atomic mass is 10.9. The van der Waals surface area contributed by atoms with E-state index in [1.54, 1.807) is 0 Å². The van der Waals surface area contributed by atoms with Crippen molar-refractivity contribution in [2.45, 2.75) is 0 Å². The minimum atomic E-state index is -0.613. The average molecular weight is 137 g/mol. The SMILES string of the molecule is O=CC(=O)Br. The van der Waals surface area contributed by atoms with Gasteiger partial charge in [-0.25, -0.2) is 0 Å². The van der Waals surface area contributed by atoms with Gasteiger partial charge in [-0.05, 0) is 0 Å². The van der Waals surface area contributed by atoms with Crippen molar-refractivity contribution < 1.29 is 9.59 Å². The predicted molar refractivity (Wildman–Crippen MR) is 20.0 cm³/mol. The van der Waals surface area contributed by atoms with Crippen LogP contribution in [0.25, 0.3) is 0 Å². The minimum absolute atomic E-state index is 0.194. The Labute approximate surface area is 37.3 Å². The molecule has 0 spiro atoms. The molecule has 0 radical (unpaired) electrons.